The van der Waals surface area contributed by atoms with Crippen LogP contribution in [0, 0.1) is 35.5 Å². The number of aromatic nitrogens is 1. The molecule has 3 aromatic rings. The molecule has 7 rings (SSSR count). The quantitative estimate of drug-likeness (QED) is 0.267. The molecule has 3 N–H and O–H groups in total. The molecule has 240 valence electrons. The number of imide groups is 1. The van der Waals surface area contributed by atoms with Gasteiger partial charge in [-0.2, -0.15) is 0 Å². The molecule has 3 fully saturated rings. The Morgan fingerprint density at radius 3 is 2.39 bits per heavy atom. The van der Waals surface area contributed by atoms with Gasteiger partial charge in [-0.05, 0) is 66.0 Å². The van der Waals surface area contributed by atoms with Crippen LogP contribution in [0.3, 0.4) is 0 Å². The summed E-state index contributed by atoms with van der Waals surface area (Å²) >= 11 is 14.7. The van der Waals surface area contributed by atoms with E-state index >= 15 is 0 Å². The Bertz CT molecular complexity index is 1830. The summed E-state index contributed by atoms with van der Waals surface area (Å²) in [6, 6.07) is 10.9. The number of hydrogen-bond acceptors (Lipinski definition) is 8. The third kappa shape index (κ3) is 5.04. The molecule has 46 heavy (non-hydrogen) atoms. The fraction of sp³-hybridized carbons (Fsp3) is 0.406. The van der Waals surface area contributed by atoms with E-state index in [0.29, 0.717) is 27.9 Å². The van der Waals surface area contributed by atoms with Crippen LogP contribution >= 0.6 is 46.3 Å². The van der Waals surface area contributed by atoms with Crippen molar-refractivity contribution in [2.24, 2.45) is 35.5 Å². The summed E-state index contributed by atoms with van der Waals surface area (Å²) in [5.74, 6) is -3.87. The Hall–Kier alpha value is -3.32. The standard InChI is InChI=1S/C32H29Cl2N3O7S2/c1-12(2)25(31(41)42)37-29(39)23-16-10-17(24(23)30(37)40)26-22(16)21(27-28(45-26)36-32(43)46-27)13-3-6-15(7-4-13)44-11-20(38)35-14-5-8-18(33)19(34)9-14/h3-9,12,16-17,21-26H,10-11H2,1-2H3,(H,35,38)(H,36,43)(H,41,42)/t16?,17?,21-,22?,23?,24?,25?,26?/m1/s1. The third-order valence-electron chi connectivity index (χ3n) is 9.73. The highest BCUT2D eigenvalue weighted by Gasteiger charge is 2.70. The molecule has 0 radical (unpaired) electrons. The molecular formula is C32H29Cl2N3O7S2. The number of likely N-dealkylation sites (tertiary alicyclic amines) is 1. The molecule has 3 heterocycles. The number of carboxylic acids is 1. The van der Waals surface area contributed by atoms with Gasteiger partial charge < -0.3 is 20.1 Å². The summed E-state index contributed by atoms with van der Waals surface area (Å²) in [6.45, 7) is 3.18. The van der Waals surface area contributed by atoms with Crippen LogP contribution in [0.5, 0.6) is 5.75 Å². The number of H-pyrrole nitrogens is 1. The average molecular weight is 703 g/mol. The van der Waals surface area contributed by atoms with Gasteiger partial charge in [-0.15, -0.1) is 11.8 Å². The van der Waals surface area contributed by atoms with Gasteiger partial charge in [0, 0.05) is 21.7 Å². The molecule has 2 aliphatic heterocycles. The highest BCUT2D eigenvalue weighted by molar-refractivity contribution is 8.00. The zero-order valence-corrected chi connectivity index (χ0v) is 27.7. The number of hydrogen-bond donors (Lipinski definition) is 3. The molecular weight excluding hydrogens is 673 g/mol. The number of carbonyl (C=O) groups excluding carboxylic acids is 3. The van der Waals surface area contributed by atoms with Crippen molar-refractivity contribution in [3.05, 3.63) is 72.6 Å². The van der Waals surface area contributed by atoms with Crippen LogP contribution in [0.15, 0.2) is 52.3 Å². The Balaban J connectivity index is 1.13. The number of carboxylic acid groups (broad SMARTS) is 1. The lowest BCUT2D eigenvalue weighted by molar-refractivity contribution is -0.157. The summed E-state index contributed by atoms with van der Waals surface area (Å²) in [7, 11) is 0. The fourth-order valence-corrected chi connectivity index (χ4v) is 11.3. The van der Waals surface area contributed by atoms with E-state index in [-0.39, 0.29) is 58.1 Å². The van der Waals surface area contributed by atoms with E-state index in [1.165, 1.54) is 0 Å². The SMILES string of the molecule is CC(C)C(C(=O)O)N1C(=O)C2C3CC(C2C1=O)C1C3Sc2[nH]c(=O)sc2[C@@H]1c1ccc(OCC(=O)Nc2ccc(Cl)c(Cl)c2)cc1. The number of anilines is 1. The van der Waals surface area contributed by atoms with Crippen LogP contribution in [-0.2, 0) is 19.2 Å². The van der Waals surface area contributed by atoms with Crippen molar-refractivity contribution < 1.29 is 29.0 Å². The van der Waals surface area contributed by atoms with Gasteiger partial charge in [-0.3, -0.25) is 24.1 Å². The number of fused-ring (bicyclic) bond motifs is 9. The highest BCUT2D eigenvalue weighted by Crippen LogP contribution is 2.68. The first-order valence-electron chi connectivity index (χ1n) is 14.9. The molecule has 2 aliphatic carbocycles. The number of thiazole rings is 1. The Morgan fingerprint density at radius 2 is 1.74 bits per heavy atom. The van der Waals surface area contributed by atoms with E-state index in [1.54, 1.807) is 55.9 Å². The lowest BCUT2D eigenvalue weighted by Crippen LogP contribution is -2.49. The molecule has 8 atom stereocenters. The molecule has 1 aromatic heterocycles. The zero-order chi connectivity index (χ0) is 32.6. The van der Waals surface area contributed by atoms with Gasteiger partial charge in [0.2, 0.25) is 11.8 Å². The minimum atomic E-state index is -1.20. The van der Waals surface area contributed by atoms with E-state index in [2.05, 4.69) is 10.3 Å². The van der Waals surface area contributed by atoms with Crippen molar-refractivity contribution in [2.45, 2.75) is 42.5 Å². The summed E-state index contributed by atoms with van der Waals surface area (Å²) in [5, 5.41) is 14.1. The molecule has 3 amide bonds. The molecule has 2 aromatic carbocycles. The van der Waals surface area contributed by atoms with Crippen LogP contribution in [0.2, 0.25) is 10.0 Å². The van der Waals surface area contributed by atoms with Crippen LogP contribution in [-0.4, -0.2) is 56.6 Å². The number of ether oxygens (including phenoxy) is 1. The normalized spacial score (nSPS) is 28.2. The van der Waals surface area contributed by atoms with Gasteiger partial charge in [0.15, 0.2) is 6.61 Å². The van der Waals surface area contributed by atoms with Gasteiger partial charge in [-0.1, -0.05) is 60.5 Å². The first-order chi connectivity index (χ1) is 21.9. The monoisotopic (exact) mass is 701 g/mol. The lowest BCUT2D eigenvalue weighted by atomic mass is 9.68. The van der Waals surface area contributed by atoms with Crippen LogP contribution in [0.4, 0.5) is 5.69 Å². The topological polar surface area (TPSA) is 146 Å². The van der Waals surface area contributed by atoms with Crippen molar-refractivity contribution in [2.75, 3.05) is 11.9 Å². The molecule has 10 nitrogen and oxygen atoms in total. The maximum absolute atomic E-state index is 13.8. The van der Waals surface area contributed by atoms with Crippen LogP contribution in [0.1, 0.15) is 36.6 Å². The van der Waals surface area contributed by atoms with Gasteiger partial charge in [-0.25, -0.2) is 4.79 Å². The maximum atomic E-state index is 13.8. The predicted molar refractivity (Wildman–Crippen MR) is 174 cm³/mol. The average Bonchev–Trinajstić information content (AvgIpc) is 3.74. The zero-order valence-electron chi connectivity index (χ0n) is 24.6. The van der Waals surface area contributed by atoms with E-state index in [0.717, 1.165) is 31.7 Å². The molecule has 14 heteroatoms. The van der Waals surface area contributed by atoms with Gasteiger partial charge in [0.25, 0.3) is 5.91 Å². The first kappa shape index (κ1) is 31.3. The second-order valence-electron chi connectivity index (χ2n) is 12.6. The predicted octanol–water partition coefficient (Wildman–Crippen LogP) is 5.34. The number of nitrogens with one attached hydrogen (secondary N) is 2. The van der Waals surface area contributed by atoms with E-state index < -0.39 is 29.8 Å². The minimum Gasteiger partial charge on any atom is -0.484 e. The number of aliphatic carboxylic acids is 1. The third-order valence-corrected chi connectivity index (χ3v) is 13.1. The Kier molecular flexibility index (Phi) is 7.98. The molecule has 1 saturated heterocycles. The Labute approximate surface area is 281 Å². The number of rotatable bonds is 8. The number of amides is 3. The van der Waals surface area contributed by atoms with Gasteiger partial charge in [0.05, 0.1) is 26.9 Å². The highest BCUT2D eigenvalue weighted by atomic mass is 35.5. The first-order valence-corrected chi connectivity index (χ1v) is 17.4. The number of aromatic amines is 1. The number of thioether (sulfide) groups is 1. The van der Waals surface area contributed by atoms with Crippen LogP contribution in [0.25, 0.3) is 0 Å². The van der Waals surface area contributed by atoms with Crippen molar-refractivity contribution in [1.82, 2.24) is 9.88 Å². The minimum absolute atomic E-state index is 0.0194. The summed E-state index contributed by atoms with van der Waals surface area (Å²) in [4.78, 5) is 69.5. The van der Waals surface area contributed by atoms with Crippen LogP contribution < -0.4 is 14.9 Å². The van der Waals surface area contributed by atoms with Gasteiger partial charge >= 0.3 is 10.8 Å². The molecule has 0 spiro atoms. The van der Waals surface area contributed by atoms with E-state index in [9.17, 15) is 29.1 Å². The van der Waals surface area contributed by atoms with Crippen molar-refractivity contribution in [1.29, 1.82) is 0 Å². The fourth-order valence-electron chi connectivity index (χ4n) is 8.07. The number of nitrogens with zero attached hydrogens (tertiary/aromatic N) is 1. The van der Waals surface area contributed by atoms with Crippen molar-refractivity contribution >= 4 is 75.7 Å². The van der Waals surface area contributed by atoms with E-state index in [4.69, 9.17) is 27.9 Å². The number of carbonyl (C=O) groups is 4. The van der Waals surface area contributed by atoms with E-state index in [1.807, 2.05) is 12.1 Å². The lowest BCUT2D eigenvalue weighted by Gasteiger charge is -2.43. The maximum Gasteiger partial charge on any atom is 0.327 e. The second kappa shape index (κ2) is 11.7. The largest absolute Gasteiger partial charge is 0.484 e. The summed E-state index contributed by atoms with van der Waals surface area (Å²) in [5.41, 5.74) is 1.42. The van der Waals surface area contributed by atoms with Crippen molar-refractivity contribution in [3.8, 4) is 5.75 Å². The summed E-state index contributed by atoms with van der Waals surface area (Å²) < 4.78 is 5.74. The van der Waals surface area contributed by atoms with Crippen molar-refractivity contribution in [3.63, 3.8) is 0 Å². The summed E-state index contributed by atoms with van der Waals surface area (Å²) in [6.07, 6.45) is 0.702. The molecule has 2 saturated carbocycles. The second-order valence-corrected chi connectivity index (χ2v) is 15.6. The smallest absolute Gasteiger partial charge is 0.327 e. The number of benzene rings is 2. The molecule has 7 unspecified atom stereocenters. The van der Waals surface area contributed by atoms with Gasteiger partial charge in [0.1, 0.15) is 11.8 Å². The molecule has 4 aliphatic rings. The molecule has 2 bridgehead atoms. The Morgan fingerprint density at radius 1 is 1.04 bits per heavy atom. The number of halogens is 2.